The number of halogens is 1. The highest BCUT2D eigenvalue weighted by molar-refractivity contribution is 7.15. The van der Waals surface area contributed by atoms with Gasteiger partial charge in [-0.15, -0.1) is 10.2 Å². The molecule has 0 fully saturated rings. The molecule has 2 rings (SSSR count). The molecular weight excluding hydrogens is 306 g/mol. The molecule has 0 bridgehead atoms. The minimum Gasteiger partial charge on any atom is -0.297 e. The summed E-state index contributed by atoms with van der Waals surface area (Å²) in [5, 5.41) is 12.7. The highest BCUT2D eigenvalue weighted by Gasteiger charge is 2.19. The number of carbonyl (C=O) groups excluding carboxylic acids is 1. The first kappa shape index (κ1) is 15.7. The Bertz CT molecular complexity index is 674. The average molecular weight is 322 g/mol. The van der Waals surface area contributed by atoms with Crippen molar-refractivity contribution in [2.45, 2.75) is 26.2 Å². The van der Waals surface area contributed by atoms with Crippen LogP contribution in [0.4, 0.5) is 5.13 Å². The van der Waals surface area contributed by atoms with E-state index in [1.807, 2.05) is 18.2 Å². The molecule has 0 atom stereocenters. The Kier molecular flexibility index (Phi) is 4.75. The van der Waals surface area contributed by atoms with Crippen molar-refractivity contribution >= 4 is 40.1 Å². The Labute approximate surface area is 132 Å². The van der Waals surface area contributed by atoms with Gasteiger partial charge in [-0.05, 0) is 17.7 Å². The van der Waals surface area contributed by atoms with Crippen LogP contribution in [0, 0.1) is 0 Å². The minimum atomic E-state index is -0.258. The fourth-order valence-corrected chi connectivity index (χ4v) is 2.50. The average Bonchev–Trinajstić information content (AvgIpc) is 2.86. The Hall–Kier alpha value is -1.72. The fourth-order valence-electron chi connectivity index (χ4n) is 1.50. The van der Waals surface area contributed by atoms with Gasteiger partial charge >= 0.3 is 0 Å². The standard InChI is InChI=1S/C15H16ClN3OS/c1-15(2,3)13-18-19-14(21-13)17-12(20)9-8-10-6-4-5-7-11(10)16/h4-9H,1-3H3,(H,17,19,20). The molecule has 1 aromatic heterocycles. The molecule has 0 unspecified atom stereocenters. The first-order valence-electron chi connectivity index (χ1n) is 6.44. The third-order valence-electron chi connectivity index (χ3n) is 2.62. The quantitative estimate of drug-likeness (QED) is 0.864. The summed E-state index contributed by atoms with van der Waals surface area (Å²) in [5.41, 5.74) is 0.718. The van der Waals surface area contributed by atoms with Crippen molar-refractivity contribution in [3.8, 4) is 0 Å². The molecule has 1 aromatic carbocycles. The van der Waals surface area contributed by atoms with Crippen molar-refractivity contribution in [2.24, 2.45) is 0 Å². The number of hydrogen-bond donors (Lipinski definition) is 1. The number of hydrogen-bond acceptors (Lipinski definition) is 4. The van der Waals surface area contributed by atoms with Gasteiger partial charge in [-0.1, -0.05) is 61.9 Å². The van der Waals surface area contributed by atoms with Gasteiger partial charge in [0.25, 0.3) is 0 Å². The van der Waals surface area contributed by atoms with Crippen molar-refractivity contribution < 1.29 is 4.79 Å². The van der Waals surface area contributed by atoms with E-state index in [1.54, 1.807) is 12.1 Å². The summed E-state index contributed by atoms with van der Waals surface area (Å²) in [6.07, 6.45) is 3.10. The predicted octanol–water partition coefficient (Wildman–Crippen LogP) is 4.14. The maximum atomic E-state index is 11.9. The Morgan fingerprint density at radius 1 is 1.29 bits per heavy atom. The number of rotatable bonds is 3. The predicted molar refractivity (Wildman–Crippen MR) is 87.7 cm³/mol. The molecule has 4 nitrogen and oxygen atoms in total. The summed E-state index contributed by atoms with van der Waals surface area (Å²) in [5.74, 6) is -0.258. The lowest BCUT2D eigenvalue weighted by Gasteiger charge is -2.12. The second-order valence-corrected chi connectivity index (χ2v) is 6.89. The van der Waals surface area contributed by atoms with Gasteiger partial charge in [0, 0.05) is 16.5 Å². The number of nitrogens with one attached hydrogen (secondary N) is 1. The maximum Gasteiger partial charge on any atom is 0.250 e. The largest absolute Gasteiger partial charge is 0.297 e. The van der Waals surface area contributed by atoms with Gasteiger partial charge in [-0.25, -0.2) is 0 Å². The summed E-state index contributed by atoms with van der Waals surface area (Å²) in [4.78, 5) is 11.9. The van der Waals surface area contributed by atoms with E-state index in [4.69, 9.17) is 11.6 Å². The fraction of sp³-hybridized carbons (Fsp3) is 0.267. The zero-order valence-electron chi connectivity index (χ0n) is 12.1. The second kappa shape index (κ2) is 6.37. The van der Waals surface area contributed by atoms with Crippen molar-refractivity contribution in [1.82, 2.24) is 10.2 Å². The molecular formula is C15H16ClN3OS. The molecule has 21 heavy (non-hydrogen) atoms. The van der Waals surface area contributed by atoms with Gasteiger partial charge < -0.3 is 0 Å². The molecule has 0 radical (unpaired) electrons. The van der Waals surface area contributed by atoms with E-state index in [-0.39, 0.29) is 11.3 Å². The smallest absolute Gasteiger partial charge is 0.250 e. The van der Waals surface area contributed by atoms with Crippen LogP contribution >= 0.6 is 22.9 Å². The van der Waals surface area contributed by atoms with E-state index in [9.17, 15) is 4.79 Å². The number of aromatic nitrogens is 2. The third-order valence-corrected chi connectivity index (χ3v) is 4.22. The summed E-state index contributed by atoms with van der Waals surface area (Å²) < 4.78 is 0. The van der Waals surface area contributed by atoms with Crippen LogP contribution in [0.15, 0.2) is 30.3 Å². The number of nitrogens with zero attached hydrogens (tertiary/aromatic N) is 2. The van der Waals surface area contributed by atoms with Crippen LogP contribution in [0.5, 0.6) is 0 Å². The summed E-state index contributed by atoms with van der Waals surface area (Å²) in [6.45, 7) is 6.16. The SMILES string of the molecule is CC(C)(C)c1nnc(NC(=O)C=Cc2ccccc2Cl)s1. The third kappa shape index (κ3) is 4.37. The number of amides is 1. The van der Waals surface area contributed by atoms with Gasteiger partial charge in [0.1, 0.15) is 5.01 Å². The van der Waals surface area contributed by atoms with E-state index >= 15 is 0 Å². The molecule has 0 aliphatic heterocycles. The molecule has 0 aliphatic rings. The zero-order valence-corrected chi connectivity index (χ0v) is 13.6. The summed E-state index contributed by atoms with van der Waals surface area (Å²) in [7, 11) is 0. The summed E-state index contributed by atoms with van der Waals surface area (Å²) >= 11 is 7.40. The second-order valence-electron chi connectivity index (χ2n) is 5.51. The van der Waals surface area contributed by atoms with Gasteiger partial charge in [0.15, 0.2) is 0 Å². The molecule has 1 N–H and O–H groups in total. The molecule has 0 saturated carbocycles. The lowest BCUT2D eigenvalue weighted by molar-refractivity contribution is -0.111. The van der Waals surface area contributed by atoms with Gasteiger partial charge in [0.2, 0.25) is 11.0 Å². The molecule has 0 saturated heterocycles. The topological polar surface area (TPSA) is 54.9 Å². The van der Waals surface area contributed by atoms with Crippen molar-refractivity contribution in [1.29, 1.82) is 0 Å². The maximum absolute atomic E-state index is 11.9. The molecule has 2 aromatic rings. The van der Waals surface area contributed by atoms with Crippen LogP contribution in [0.25, 0.3) is 6.08 Å². The van der Waals surface area contributed by atoms with Crippen molar-refractivity contribution in [3.05, 3.63) is 45.9 Å². The van der Waals surface area contributed by atoms with Gasteiger partial charge in [0.05, 0.1) is 0 Å². The first-order valence-corrected chi connectivity index (χ1v) is 7.63. The Balaban J connectivity index is 2.02. The van der Waals surface area contributed by atoms with E-state index in [2.05, 4.69) is 36.3 Å². The lowest BCUT2D eigenvalue weighted by atomic mass is 9.98. The first-order chi connectivity index (χ1) is 9.86. The van der Waals surface area contributed by atoms with Gasteiger partial charge in [-0.3, -0.25) is 10.1 Å². The summed E-state index contributed by atoms with van der Waals surface area (Å²) in [6, 6.07) is 7.33. The molecule has 1 heterocycles. The van der Waals surface area contributed by atoms with Crippen LogP contribution < -0.4 is 5.32 Å². The Morgan fingerprint density at radius 2 is 2.00 bits per heavy atom. The van der Waals surface area contributed by atoms with Crippen LogP contribution in [0.1, 0.15) is 31.3 Å². The highest BCUT2D eigenvalue weighted by Crippen LogP contribution is 2.27. The molecule has 0 aliphatic carbocycles. The zero-order chi connectivity index (χ0) is 15.5. The number of carbonyl (C=O) groups is 1. The van der Waals surface area contributed by atoms with Crippen LogP contribution in [-0.2, 0) is 10.2 Å². The monoisotopic (exact) mass is 321 g/mol. The van der Waals surface area contributed by atoms with E-state index < -0.39 is 0 Å². The highest BCUT2D eigenvalue weighted by atomic mass is 35.5. The van der Waals surface area contributed by atoms with Crippen LogP contribution in [-0.4, -0.2) is 16.1 Å². The normalized spacial score (nSPS) is 11.8. The minimum absolute atomic E-state index is 0.0753. The van der Waals surface area contributed by atoms with E-state index in [1.165, 1.54) is 17.4 Å². The molecule has 1 amide bonds. The molecule has 6 heteroatoms. The van der Waals surface area contributed by atoms with Crippen LogP contribution in [0.3, 0.4) is 0 Å². The van der Waals surface area contributed by atoms with Crippen molar-refractivity contribution in [3.63, 3.8) is 0 Å². The number of anilines is 1. The number of benzene rings is 1. The lowest BCUT2D eigenvalue weighted by Crippen LogP contribution is -2.10. The van der Waals surface area contributed by atoms with Crippen molar-refractivity contribution in [2.75, 3.05) is 5.32 Å². The van der Waals surface area contributed by atoms with Gasteiger partial charge in [-0.2, -0.15) is 0 Å². The Morgan fingerprint density at radius 3 is 2.62 bits per heavy atom. The molecule has 0 spiro atoms. The molecule has 110 valence electrons. The van der Waals surface area contributed by atoms with E-state index in [0.717, 1.165) is 10.6 Å². The van der Waals surface area contributed by atoms with Crippen LogP contribution in [0.2, 0.25) is 5.02 Å². The van der Waals surface area contributed by atoms with E-state index in [0.29, 0.717) is 10.2 Å².